The normalized spacial score (nSPS) is 13.5. The fraction of sp³-hybridized carbons (Fsp3) is 0.500. The summed E-state index contributed by atoms with van der Waals surface area (Å²) < 4.78 is 27.6. The molecule has 0 aliphatic rings. The molecule has 0 saturated carbocycles. The van der Waals surface area contributed by atoms with Crippen LogP contribution in [0.3, 0.4) is 0 Å². The van der Waals surface area contributed by atoms with Gasteiger partial charge in [0.05, 0.1) is 16.3 Å². The predicted octanol–water partition coefficient (Wildman–Crippen LogP) is 4.22. The Balaban J connectivity index is 2.24. The van der Waals surface area contributed by atoms with Crippen molar-refractivity contribution in [3.8, 4) is 0 Å². The summed E-state index contributed by atoms with van der Waals surface area (Å²) in [6.45, 7) is 4.83. The van der Waals surface area contributed by atoms with Crippen LogP contribution in [0, 0.1) is 0 Å². The van der Waals surface area contributed by atoms with E-state index >= 15 is 0 Å². The minimum atomic E-state index is -2.70. The van der Waals surface area contributed by atoms with Gasteiger partial charge in [0.25, 0.3) is 0 Å². The van der Waals surface area contributed by atoms with Crippen LogP contribution in [0.25, 0.3) is 11.0 Å². The maximum Gasteiger partial charge on any atom is 0.321 e. The molecule has 0 aliphatic carbocycles. The first-order chi connectivity index (χ1) is 10.7. The van der Waals surface area contributed by atoms with E-state index < -0.39 is 11.8 Å². The number of benzene rings is 1. The highest BCUT2D eigenvalue weighted by molar-refractivity contribution is 8.00. The van der Waals surface area contributed by atoms with Crippen molar-refractivity contribution in [3.63, 3.8) is 0 Å². The highest BCUT2D eigenvalue weighted by Crippen LogP contribution is 2.31. The maximum absolute atomic E-state index is 13.4. The van der Waals surface area contributed by atoms with Crippen molar-refractivity contribution >= 4 is 28.7 Å². The van der Waals surface area contributed by atoms with E-state index in [1.54, 1.807) is 31.2 Å². The molecule has 1 amide bonds. The Bertz CT molecular complexity index is 700. The highest BCUT2D eigenvalue weighted by Gasteiger charge is 2.26. The molecule has 0 saturated heterocycles. The lowest BCUT2D eigenvalue weighted by Crippen LogP contribution is -2.46. The number of nitrogens with one attached hydrogen (secondary N) is 1. The first-order valence-electron chi connectivity index (χ1n) is 7.49. The zero-order valence-corrected chi connectivity index (χ0v) is 14.5. The Morgan fingerprint density at radius 2 is 2.04 bits per heavy atom. The average molecular weight is 341 g/mol. The monoisotopic (exact) mass is 341 g/mol. The van der Waals surface area contributed by atoms with Crippen LogP contribution in [0.1, 0.15) is 40.7 Å². The number of fused-ring (bicyclic) bond motifs is 1. The average Bonchev–Trinajstić information content (AvgIpc) is 2.84. The van der Waals surface area contributed by atoms with E-state index in [-0.39, 0.29) is 16.6 Å². The first-order valence-corrected chi connectivity index (χ1v) is 8.37. The van der Waals surface area contributed by atoms with E-state index in [4.69, 9.17) is 0 Å². The third-order valence-corrected chi connectivity index (χ3v) is 4.82. The lowest BCUT2D eigenvalue weighted by atomic mass is 10.0. The number of aromatic nitrogens is 2. The molecule has 2 rings (SSSR count). The molecule has 1 aromatic heterocycles. The summed E-state index contributed by atoms with van der Waals surface area (Å²) >= 11 is 1.04. The van der Waals surface area contributed by atoms with E-state index in [2.05, 4.69) is 10.3 Å². The summed E-state index contributed by atoms with van der Waals surface area (Å²) in [5.74, 6) is -0.185. The van der Waals surface area contributed by atoms with Crippen LogP contribution in [0.2, 0.25) is 0 Å². The molecule has 1 unspecified atom stereocenters. The van der Waals surface area contributed by atoms with Gasteiger partial charge in [-0.3, -0.25) is 9.36 Å². The minimum Gasteiger partial charge on any atom is -0.350 e. The van der Waals surface area contributed by atoms with Crippen LogP contribution < -0.4 is 5.32 Å². The molecule has 0 spiro atoms. The predicted molar refractivity (Wildman–Crippen MR) is 88.8 cm³/mol. The molecule has 7 heteroatoms. The molecule has 0 radical (unpaired) electrons. The van der Waals surface area contributed by atoms with Gasteiger partial charge in [0.15, 0.2) is 5.16 Å². The SMILES string of the molecule is CCC(C)(C)NC(=O)C(C)Sc1nc2ccccc2n1C(F)F. The number of halogens is 2. The molecule has 126 valence electrons. The third kappa shape index (κ3) is 4.02. The number of carbonyl (C=O) groups is 1. The molecule has 1 N–H and O–H groups in total. The van der Waals surface area contributed by atoms with E-state index in [0.717, 1.165) is 22.7 Å². The fourth-order valence-electron chi connectivity index (χ4n) is 2.03. The summed E-state index contributed by atoms with van der Waals surface area (Å²) in [5.41, 5.74) is 0.540. The van der Waals surface area contributed by atoms with E-state index in [0.29, 0.717) is 11.0 Å². The third-order valence-electron chi connectivity index (χ3n) is 3.76. The van der Waals surface area contributed by atoms with Crippen LogP contribution in [0.15, 0.2) is 29.4 Å². The number of para-hydroxylation sites is 2. The minimum absolute atomic E-state index is 0.151. The maximum atomic E-state index is 13.4. The van der Waals surface area contributed by atoms with Crippen molar-refractivity contribution in [2.75, 3.05) is 0 Å². The van der Waals surface area contributed by atoms with E-state index in [1.165, 1.54) is 0 Å². The van der Waals surface area contributed by atoms with Gasteiger partial charge in [0, 0.05) is 5.54 Å². The van der Waals surface area contributed by atoms with Gasteiger partial charge in [-0.25, -0.2) is 4.98 Å². The van der Waals surface area contributed by atoms with Crippen molar-refractivity contribution in [2.45, 2.75) is 56.6 Å². The van der Waals surface area contributed by atoms with Crippen molar-refractivity contribution in [3.05, 3.63) is 24.3 Å². The zero-order valence-electron chi connectivity index (χ0n) is 13.6. The second-order valence-corrected chi connectivity index (χ2v) is 7.33. The fourth-order valence-corrected chi connectivity index (χ4v) is 2.95. The molecule has 4 nitrogen and oxygen atoms in total. The van der Waals surface area contributed by atoms with Crippen LogP contribution in [-0.4, -0.2) is 26.2 Å². The lowest BCUT2D eigenvalue weighted by molar-refractivity contribution is -0.121. The second kappa shape index (κ2) is 6.86. The van der Waals surface area contributed by atoms with Crippen molar-refractivity contribution in [2.24, 2.45) is 0 Å². The molecule has 1 atom stereocenters. The Hall–Kier alpha value is -1.63. The van der Waals surface area contributed by atoms with Gasteiger partial charge < -0.3 is 5.32 Å². The number of amides is 1. The van der Waals surface area contributed by atoms with Gasteiger partial charge in [0.1, 0.15) is 0 Å². The number of alkyl halides is 2. The highest BCUT2D eigenvalue weighted by atomic mass is 32.2. The number of nitrogens with zero attached hydrogens (tertiary/aromatic N) is 2. The molecule has 1 aromatic carbocycles. The Morgan fingerprint density at radius 1 is 1.39 bits per heavy atom. The summed E-state index contributed by atoms with van der Waals surface area (Å²) in [7, 11) is 0. The number of thioether (sulfide) groups is 1. The van der Waals surface area contributed by atoms with Gasteiger partial charge in [-0.2, -0.15) is 8.78 Å². The molecule has 0 bridgehead atoms. The van der Waals surface area contributed by atoms with Gasteiger partial charge in [-0.05, 0) is 39.3 Å². The van der Waals surface area contributed by atoms with Gasteiger partial charge >= 0.3 is 6.55 Å². The first kappa shape index (κ1) is 17.7. The number of hydrogen-bond donors (Lipinski definition) is 1. The zero-order chi connectivity index (χ0) is 17.2. The standard InChI is InChI=1S/C16H21F2N3OS/c1-5-16(3,4)20-13(22)10(2)23-15-19-11-8-6-7-9-12(11)21(15)14(17)18/h6-10,14H,5H2,1-4H3,(H,20,22). The number of hydrogen-bond acceptors (Lipinski definition) is 3. The topological polar surface area (TPSA) is 46.9 Å². The molecular weight excluding hydrogens is 320 g/mol. The quantitative estimate of drug-likeness (QED) is 0.800. The smallest absolute Gasteiger partial charge is 0.321 e. The summed E-state index contributed by atoms with van der Waals surface area (Å²) in [4.78, 5) is 16.5. The number of imidazole rings is 1. The number of rotatable bonds is 6. The van der Waals surface area contributed by atoms with Crippen LogP contribution >= 0.6 is 11.8 Å². The molecule has 23 heavy (non-hydrogen) atoms. The van der Waals surface area contributed by atoms with Crippen molar-refractivity contribution < 1.29 is 13.6 Å². The number of carbonyl (C=O) groups excluding carboxylic acids is 1. The van der Waals surface area contributed by atoms with Crippen molar-refractivity contribution in [1.29, 1.82) is 0 Å². The van der Waals surface area contributed by atoms with Crippen LogP contribution in [-0.2, 0) is 4.79 Å². The molecule has 0 fully saturated rings. The Morgan fingerprint density at radius 3 is 2.65 bits per heavy atom. The summed E-state index contributed by atoms with van der Waals surface area (Å²) in [6.07, 6.45) is 0.783. The van der Waals surface area contributed by atoms with E-state index in [1.807, 2.05) is 20.8 Å². The second-order valence-electron chi connectivity index (χ2n) is 6.02. The van der Waals surface area contributed by atoms with Gasteiger partial charge in [-0.1, -0.05) is 30.8 Å². The van der Waals surface area contributed by atoms with Crippen LogP contribution in [0.5, 0.6) is 0 Å². The largest absolute Gasteiger partial charge is 0.350 e. The Labute approximate surface area is 138 Å². The van der Waals surface area contributed by atoms with Gasteiger partial charge in [-0.15, -0.1) is 0 Å². The lowest BCUT2D eigenvalue weighted by Gasteiger charge is -2.26. The Kier molecular flexibility index (Phi) is 5.29. The summed E-state index contributed by atoms with van der Waals surface area (Å²) in [5, 5.41) is 2.56. The van der Waals surface area contributed by atoms with Crippen LogP contribution in [0.4, 0.5) is 8.78 Å². The summed E-state index contributed by atoms with van der Waals surface area (Å²) in [6, 6.07) is 6.73. The van der Waals surface area contributed by atoms with Crippen molar-refractivity contribution in [1.82, 2.24) is 14.9 Å². The molecular formula is C16H21F2N3OS. The molecule has 1 heterocycles. The molecule has 2 aromatic rings. The van der Waals surface area contributed by atoms with Gasteiger partial charge in [0.2, 0.25) is 5.91 Å². The molecule has 0 aliphatic heterocycles. The van der Waals surface area contributed by atoms with E-state index in [9.17, 15) is 13.6 Å².